The first kappa shape index (κ1) is 38.6. The van der Waals surface area contributed by atoms with Crippen LogP contribution in [0.25, 0.3) is 10.1 Å². The van der Waals surface area contributed by atoms with E-state index in [0.717, 1.165) is 0 Å². The molecule has 2 nitrogen and oxygen atoms in total. The molecular weight excluding hydrogens is 695 g/mol. The summed E-state index contributed by atoms with van der Waals surface area (Å²) in [6.45, 7) is 35.0. The molecule has 2 aliphatic rings. The third-order valence-corrected chi connectivity index (χ3v) is 13.5. The maximum Gasteiger partial charge on any atom is 0.264 e. The zero-order valence-electron chi connectivity index (χ0n) is 36.6. The predicted octanol–water partition coefficient (Wildman–Crippen LogP) is 13.5. The normalized spacial score (nSPS) is 14.6. The van der Waals surface area contributed by atoms with Crippen LogP contribution in [0.3, 0.4) is 0 Å². The van der Waals surface area contributed by atoms with Crippen molar-refractivity contribution < 1.29 is 0 Å². The molecule has 2 aliphatic heterocycles. The van der Waals surface area contributed by atoms with Crippen molar-refractivity contribution >= 4 is 78.0 Å². The quantitative estimate of drug-likeness (QED) is 0.162. The number of fused-ring (bicyclic) bond motifs is 6. The monoisotopic (exact) mass is 756 g/mol. The summed E-state index contributed by atoms with van der Waals surface area (Å²) >= 11 is 1.99. The van der Waals surface area contributed by atoms with E-state index in [0.29, 0.717) is 0 Å². The van der Waals surface area contributed by atoms with E-state index < -0.39 is 0 Å². The van der Waals surface area contributed by atoms with Crippen molar-refractivity contribution in [2.45, 2.75) is 131 Å². The molecule has 0 unspecified atom stereocenters. The molecule has 0 bridgehead atoms. The van der Waals surface area contributed by atoms with Crippen LogP contribution >= 0.6 is 11.3 Å². The number of rotatable bonds is 2. The molecule has 288 valence electrons. The fourth-order valence-electron chi connectivity index (χ4n) is 8.62. The van der Waals surface area contributed by atoms with Crippen LogP contribution in [0.5, 0.6) is 0 Å². The first-order chi connectivity index (χ1) is 25.9. The standard InChI is InChI=1S/C52H61BN2S/c1-48(2,3)32-16-22-37(23-17-32)54-41-26-20-35(51(10,11)12)29-40(41)53-45-42(54)30-36(52(13,14)15)31-43(45)55(38-24-18-33(19-25-38)49(4,5)6)46-39-28-34(50(7,8)9)21-27-44(39)56-47(46)53/h16-31H,1-15H3. The van der Waals surface area contributed by atoms with Crippen molar-refractivity contribution in [1.29, 1.82) is 0 Å². The Morgan fingerprint density at radius 3 is 1.34 bits per heavy atom. The molecule has 6 aromatic rings. The summed E-state index contributed by atoms with van der Waals surface area (Å²) < 4.78 is 2.77. The third kappa shape index (κ3) is 6.41. The highest BCUT2D eigenvalue weighted by Gasteiger charge is 2.46. The molecular formula is C52H61BN2S. The van der Waals surface area contributed by atoms with E-state index in [9.17, 15) is 0 Å². The highest BCUT2D eigenvalue weighted by molar-refractivity contribution is 7.33. The summed E-state index contributed by atoms with van der Waals surface area (Å²) in [5.74, 6) is 0. The predicted molar refractivity (Wildman–Crippen MR) is 249 cm³/mol. The summed E-state index contributed by atoms with van der Waals surface area (Å²) in [6.07, 6.45) is 0. The Morgan fingerprint density at radius 1 is 0.411 bits per heavy atom. The lowest BCUT2D eigenvalue weighted by molar-refractivity contribution is 0.589. The van der Waals surface area contributed by atoms with E-state index in [1.54, 1.807) is 0 Å². The zero-order valence-corrected chi connectivity index (χ0v) is 37.4. The molecule has 0 radical (unpaired) electrons. The molecule has 0 N–H and O–H groups in total. The molecule has 0 spiro atoms. The Kier molecular flexibility index (Phi) is 8.69. The fraction of sp³-hybridized carbons (Fsp3) is 0.385. The number of nitrogens with zero attached hydrogens (tertiary/aromatic N) is 2. The number of hydrogen-bond donors (Lipinski definition) is 0. The van der Waals surface area contributed by atoms with Gasteiger partial charge in [0.2, 0.25) is 0 Å². The molecule has 8 rings (SSSR count). The zero-order chi connectivity index (χ0) is 40.5. The van der Waals surface area contributed by atoms with Gasteiger partial charge < -0.3 is 9.80 Å². The van der Waals surface area contributed by atoms with Gasteiger partial charge >= 0.3 is 0 Å². The molecule has 0 saturated carbocycles. The van der Waals surface area contributed by atoms with Gasteiger partial charge in [0.05, 0.1) is 5.69 Å². The van der Waals surface area contributed by atoms with Gasteiger partial charge in [-0.25, -0.2) is 0 Å². The molecule has 0 aliphatic carbocycles. The van der Waals surface area contributed by atoms with Crippen LogP contribution in [-0.2, 0) is 27.1 Å². The van der Waals surface area contributed by atoms with Crippen molar-refractivity contribution in [2.24, 2.45) is 0 Å². The highest BCUT2D eigenvalue weighted by Crippen LogP contribution is 2.50. The van der Waals surface area contributed by atoms with Crippen LogP contribution in [0.15, 0.2) is 97.1 Å². The minimum Gasteiger partial charge on any atom is -0.311 e. The van der Waals surface area contributed by atoms with E-state index in [1.807, 2.05) is 11.3 Å². The van der Waals surface area contributed by atoms with Gasteiger partial charge in [0.25, 0.3) is 6.71 Å². The van der Waals surface area contributed by atoms with Gasteiger partial charge in [-0.1, -0.05) is 146 Å². The Morgan fingerprint density at radius 2 is 0.839 bits per heavy atom. The van der Waals surface area contributed by atoms with E-state index in [2.05, 4.69) is 211 Å². The SMILES string of the molecule is CC(C)(C)c1ccc(N2c3ccc(C(C)(C)C)cc3B3c4sc5ccc(C(C)(C)C)cc5c4N(c4ccc(C(C)(C)C)cc4)c4cc(C(C)(C)C)cc2c43)cc1. The Balaban J connectivity index is 1.52. The number of hydrogen-bond acceptors (Lipinski definition) is 3. The molecule has 0 fully saturated rings. The fourth-order valence-corrected chi connectivity index (χ4v) is 9.92. The molecule has 5 aromatic carbocycles. The Labute approximate surface area is 342 Å². The van der Waals surface area contributed by atoms with Gasteiger partial charge in [-0.15, -0.1) is 11.3 Å². The number of benzene rings is 5. The van der Waals surface area contributed by atoms with Gasteiger partial charge in [-0.05, 0) is 120 Å². The largest absolute Gasteiger partial charge is 0.311 e. The first-order valence-corrected chi connectivity index (χ1v) is 21.5. The second kappa shape index (κ2) is 12.6. The Bertz CT molecular complexity index is 2480. The van der Waals surface area contributed by atoms with E-state index in [4.69, 9.17) is 0 Å². The summed E-state index contributed by atoms with van der Waals surface area (Å²) in [4.78, 5) is 5.22. The van der Waals surface area contributed by atoms with Crippen molar-refractivity contribution in [2.75, 3.05) is 9.80 Å². The summed E-state index contributed by atoms with van der Waals surface area (Å²) in [5, 5.41) is 1.35. The second-order valence-electron chi connectivity index (χ2n) is 21.7. The smallest absolute Gasteiger partial charge is 0.264 e. The van der Waals surface area contributed by atoms with Crippen LogP contribution in [0.4, 0.5) is 34.1 Å². The second-order valence-corrected chi connectivity index (χ2v) is 22.8. The molecule has 0 amide bonds. The minimum absolute atomic E-state index is 0.00746. The van der Waals surface area contributed by atoms with Crippen LogP contribution in [0.1, 0.15) is 132 Å². The third-order valence-electron chi connectivity index (χ3n) is 12.2. The summed E-state index contributed by atoms with van der Waals surface area (Å²) in [7, 11) is 0. The lowest BCUT2D eigenvalue weighted by atomic mass is 9.36. The molecule has 1 aromatic heterocycles. The average molecular weight is 757 g/mol. The van der Waals surface area contributed by atoms with Crippen LogP contribution in [-0.4, -0.2) is 6.71 Å². The maximum absolute atomic E-state index is 2.64. The van der Waals surface area contributed by atoms with Crippen molar-refractivity contribution in [3.8, 4) is 0 Å². The van der Waals surface area contributed by atoms with Gasteiger partial charge in [0.15, 0.2) is 0 Å². The van der Waals surface area contributed by atoms with Crippen molar-refractivity contribution in [3.63, 3.8) is 0 Å². The van der Waals surface area contributed by atoms with Gasteiger partial charge in [0, 0.05) is 43.3 Å². The first-order valence-electron chi connectivity index (χ1n) is 20.6. The lowest BCUT2D eigenvalue weighted by Gasteiger charge is -2.44. The van der Waals surface area contributed by atoms with Crippen molar-refractivity contribution in [3.05, 3.63) is 125 Å². The number of anilines is 6. The van der Waals surface area contributed by atoms with Crippen LogP contribution < -0.4 is 25.5 Å². The van der Waals surface area contributed by atoms with Crippen LogP contribution in [0, 0.1) is 0 Å². The van der Waals surface area contributed by atoms with Gasteiger partial charge in [-0.2, -0.15) is 0 Å². The molecule has 56 heavy (non-hydrogen) atoms. The van der Waals surface area contributed by atoms with E-state index in [1.165, 1.54) is 87.7 Å². The van der Waals surface area contributed by atoms with Gasteiger partial charge in [-0.3, -0.25) is 0 Å². The average Bonchev–Trinajstić information content (AvgIpc) is 3.48. The lowest BCUT2D eigenvalue weighted by Crippen LogP contribution is -2.60. The van der Waals surface area contributed by atoms with E-state index >= 15 is 0 Å². The Hall–Kier alpha value is -4.28. The summed E-state index contributed by atoms with van der Waals surface area (Å²) in [6, 6.07) is 38.5. The van der Waals surface area contributed by atoms with Crippen molar-refractivity contribution in [1.82, 2.24) is 0 Å². The molecule has 3 heterocycles. The molecule has 0 atom stereocenters. The highest BCUT2D eigenvalue weighted by atomic mass is 32.1. The van der Waals surface area contributed by atoms with E-state index in [-0.39, 0.29) is 33.8 Å². The maximum atomic E-state index is 2.64. The molecule has 0 saturated heterocycles. The number of thiophene rings is 1. The summed E-state index contributed by atoms with van der Waals surface area (Å²) in [5.41, 5.74) is 17.3. The van der Waals surface area contributed by atoms with Gasteiger partial charge in [0.1, 0.15) is 0 Å². The van der Waals surface area contributed by atoms with Crippen LogP contribution in [0.2, 0.25) is 0 Å². The minimum atomic E-state index is -0.0721. The topological polar surface area (TPSA) is 6.48 Å². The molecule has 4 heteroatoms.